The molecule has 0 spiro atoms. The first-order chi connectivity index (χ1) is 13.2. The van der Waals surface area contributed by atoms with Gasteiger partial charge in [-0.1, -0.05) is 24.3 Å². The Hall–Kier alpha value is -4.00. The van der Waals surface area contributed by atoms with Crippen LogP contribution < -0.4 is 11.3 Å². The van der Waals surface area contributed by atoms with E-state index in [-0.39, 0.29) is 11.8 Å². The fourth-order valence-corrected chi connectivity index (χ4v) is 2.91. The molecule has 0 bridgehead atoms. The Bertz CT molecular complexity index is 1320. The molecule has 3 aromatic heterocycles. The van der Waals surface area contributed by atoms with Crippen molar-refractivity contribution in [1.29, 1.82) is 0 Å². The van der Waals surface area contributed by atoms with Gasteiger partial charge >= 0.3 is 11.3 Å². The zero-order chi connectivity index (χ0) is 18.4. The summed E-state index contributed by atoms with van der Waals surface area (Å²) >= 11 is 0. The van der Waals surface area contributed by atoms with E-state index >= 15 is 0 Å². The number of aromatic nitrogens is 3. The fraction of sp³-hybridized carbons (Fsp3) is 0. The minimum absolute atomic E-state index is 0.146. The maximum Gasteiger partial charge on any atom is 0.347 e. The van der Waals surface area contributed by atoms with Gasteiger partial charge in [0.25, 0.3) is 0 Å². The lowest BCUT2D eigenvalue weighted by molar-refractivity contribution is 0.513. The second-order valence-electron chi connectivity index (χ2n) is 5.93. The van der Waals surface area contributed by atoms with E-state index in [1.54, 1.807) is 60.7 Å². The molecule has 0 saturated carbocycles. The molecule has 0 radical (unpaired) electrons. The first kappa shape index (κ1) is 15.3. The zero-order valence-electron chi connectivity index (χ0n) is 13.8. The van der Waals surface area contributed by atoms with Crippen molar-refractivity contribution < 1.29 is 8.83 Å². The van der Waals surface area contributed by atoms with Gasteiger partial charge in [0, 0.05) is 0 Å². The molecule has 0 aliphatic heterocycles. The summed E-state index contributed by atoms with van der Waals surface area (Å²) in [5.74, 6) is 0.293. The van der Waals surface area contributed by atoms with Gasteiger partial charge in [0.15, 0.2) is 0 Å². The van der Waals surface area contributed by atoms with Crippen molar-refractivity contribution in [3.8, 4) is 23.2 Å². The monoisotopic (exact) mass is 357 g/mol. The lowest BCUT2D eigenvalue weighted by Crippen LogP contribution is -2.03. The molecule has 130 valence electrons. The largest absolute Gasteiger partial charge is 0.401 e. The van der Waals surface area contributed by atoms with Gasteiger partial charge in [0.2, 0.25) is 11.8 Å². The SMILES string of the molecule is O=c1oc(-c2ccc(-c3nc4ccccc4c(=O)o3)[nH]2)nc2ccccc12. The Labute approximate surface area is 150 Å². The van der Waals surface area contributed by atoms with Crippen molar-refractivity contribution in [1.82, 2.24) is 15.0 Å². The Morgan fingerprint density at radius 3 is 1.56 bits per heavy atom. The van der Waals surface area contributed by atoms with Crippen LogP contribution >= 0.6 is 0 Å². The maximum atomic E-state index is 12.1. The summed E-state index contributed by atoms with van der Waals surface area (Å²) in [6, 6.07) is 17.3. The van der Waals surface area contributed by atoms with Gasteiger partial charge in [-0.25, -0.2) is 19.6 Å². The third kappa shape index (κ3) is 2.53. The van der Waals surface area contributed by atoms with E-state index in [0.29, 0.717) is 33.2 Å². The third-order valence-corrected chi connectivity index (χ3v) is 4.22. The molecule has 0 aliphatic rings. The van der Waals surface area contributed by atoms with Crippen LogP contribution in [0.2, 0.25) is 0 Å². The highest BCUT2D eigenvalue weighted by Gasteiger charge is 2.14. The number of aromatic amines is 1. The van der Waals surface area contributed by atoms with Crippen molar-refractivity contribution in [2.75, 3.05) is 0 Å². The minimum atomic E-state index is -0.470. The van der Waals surface area contributed by atoms with Crippen molar-refractivity contribution in [3.63, 3.8) is 0 Å². The predicted octanol–water partition coefficient (Wildman–Crippen LogP) is 3.35. The van der Waals surface area contributed by atoms with E-state index in [1.807, 2.05) is 0 Å². The summed E-state index contributed by atoms with van der Waals surface area (Å²) < 4.78 is 10.6. The van der Waals surface area contributed by atoms with E-state index in [2.05, 4.69) is 15.0 Å². The van der Waals surface area contributed by atoms with Crippen molar-refractivity contribution in [2.45, 2.75) is 0 Å². The second kappa shape index (κ2) is 5.77. The smallest absolute Gasteiger partial charge is 0.347 e. The summed E-state index contributed by atoms with van der Waals surface area (Å²) in [5, 5.41) is 0.824. The Morgan fingerprint density at radius 2 is 1.07 bits per heavy atom. The van der Waals surface area contributed by atoms with Crippen LogP contribution in [0.15, 0.2) is 79.1 Å². The average Bonchev–Trinajstić information content (AvgIpc) is 3.18. The molecular weight excluding hydrogens is 346 g/mol. The van der Waals surface area contributed by atoms with Crippen LogP contribution in [0.5, 0.6) is 0 Å². The molecular formula is C20H11N3O4. The molecule has 27 heavy (non-hydrogen) atoms. The van der Waals surface area contributed by atoms with Crippen molar-refractivity contribution in [2.24, 2.45) is 0 Å². The van der Waals surface area contributed by atoms with Crippen molar-refractivity contribution >= 4 is 21.8 Å². The standard InChI is InChI=1S/C20H11N3O4/c24-19-11-5-1-3-7-13(11)22-17(26-19)15-9-10-16(21-15)18-23-14-8-4-2-6-12(14)20(25)27-18/h1-10,21H. The van der Waals surface area contributed by atoms with Crippen LogP contribution in [0.1, 0.15) is 0 Å². The van der Waals surface area contributed by atoms with Gasteiger partial charge in [-0.15, -0.1) is 0 Å². The number of rotatable bonds is 2. The van der Waals surface area contributed by atoms with Crippen LogP contribution in [0.25, 0.3) is 45.0 Å². The van der Waals surface area contributed by atoms with E-state index in [9.17, 15) is 9.59 Å². The molecule has 0 atom stereocenters. The number of benzene rings is 2. The number of para-hydroxylation sites is 2. The normalized spacial score (nSPS) is 11.3. The van der Waals surface area contributed by atoms with Crippen LogP contribution in [0, 0.1) is 0 Å². The summed E-state index contributed by atoms with van der Waals surface area (Å²) in [7, 11) is 0. The molecule has 1 N–H and O–H groups in total. The summed E-state index contributed by atoms with van der Waals surface area (Å²) in [4.78, 5) is 36.1. The number of hydrogen-bond acceptors (Lipinski definition) is 6. The molecule has 3 heterocycles. The number of hydrogen-bond donors (Lipinski definition) is 1. The first-order valence-corrected chi connectivity index (χ1v) is 8.18. The minimum Gasteiger partial charge on any atom is -0.401 e. The highest BCUT2D eigenvalue weighted by atomic mass is 16.4. The van der Waals surface area contributed by atoms with Gasteiger partial charge in [0.1, 0.15) is 11.4 Å². The lowest BCUT2D eigenvalue weighted by atomic mass is 10.2. The van der Waals surface area contributed by atoms with Crippen molar-refractivity contribution in [3.05, 3.63) is 81.5 Å². The van der Waals surface area contributed by atoms with Crippen LogP contribution in [0.3, 0.4) is 0 Å². The summed E-state index contributed by atoms with van der Waals surface area (Å²) in [6.45, 7) is 0. The zero-order valence-corrected chi connectivity index (χ0v) is 13.8. The fourth-order valence-electron chi connectivity index (χ4n) is 2.91. The van der Waals surface area contributed by atoms with Crippen LogP contribution in [-0.4, -0.2) is 15.0 Å². The topological polar surface area (TPSA) is 102 Å². The number of fused-ring (bicyclic) bond motifs is 2. The van der Waals surface area contributed by atoms with E-state index in [0.717, 1.165) is 0 Å². The molecule has 7 nitrogen and oxygen atoms in total. The summed E-state index contributed by atoms with van der Waals surface area (Å²) in [6.07, 6.45) is 0. The molecule has 0 saturated heterocycles. The first-order valence-electron chi connectivity index (χ1n) is 8.18. The van der Waals surface area contributed by atoms with E-state index < -0.39 is 11.3 Å². The van der Waals surface area contributed by atoms with Gasteiger partial charge in [-0.05, 0) is 36.4 Å². The second-order valence-corrected chi connectivity index (χ2v) is 5.93. The van der Waals surface area contributed by atoms with Crippen LogP contribution in [-0.2, 0) is 0 Å². The maximum absolute atomic E-state index is 12.1. The number of nitrogens with zero attached hydrogens (tertiary/aromatic N) is 2. The molecule has 5 rings (SSSR count). The van der Waals surface area contributed by atoms with E-state index in [4.69, 9.17) is 8.83 Å². The highest BCUT2D eigenvalue weighted by Crippen LogP contribution is 2.23. The molecule has 7 heteroatoms. The number of H-pyrrole nitrogens is 1. The predicted molar refractivity (Wildman–Crippen MR) is 99.3 cm³/mol. The highest BCUT2D eigenvalue weighted by molar-refractivity contribution is 5.79. The Morgan fingerprint density at radius 1 is 0.630 bits per heavy atom. The van der Waals surface area contributed by atoms with Gasteiger partial charge in [0.05, 0.1) is 21.8 Å². The Balaban J connectivity index is 1.63. The molecule has 5 aromatic rings. The van der Waals surface area contributed by atoms with Gasteiger partial charge < -0.3 is 13.8 Å². The van der Waals surface area contributed by atoms with E-state index in [1.165, 1.54) is 0 Å². The van der Waals surface area contributed by atoms with Gasteiger partial charge in [-0.3, -0.25) is 0 Å². The molecule has 2 aromatic carbocycles. The molecule has 0 unspecified atom stereocenters. The molecule has 0 fully saturated rings. The Kier molecular flexibility index (Phi) is 3.26. The molecule has 0 aliphatic carbocycles. The average molecular weight is 357 g/mol. The van der Waals surface area contributed by atoms with Gasteiger partial charge in [-0.2, -0.15) is 0 Å². The van der Waals surface area contributed by atoms with Crippen LogP contribution in [0.4, 0.5) is 0 Å². The number of nitrogens with one attached hydrogen (secondary N) is 1. The lowest BCUT2D eigenvalue weighted by Gasteiger charge is -2.00. The molecule has 0 amide bonds. The quantitative estimate of drug-likeness (QED) is 0.520. The third-order valence-electron chi connectivity index (χ3n) is 4.22. The summed E-state index contributed by atoms with van der Waals surface area (Å²) in [5.41, 5.74) is 1.09.